The molecule has 0 amide bonds. The molecule has 0 spiro atoms. The van der Waals surface area contributed by atoms with Crippen molar-refractivity contribution in [3.8, 4) is 0 Å². The van der Waals surface area contributed by atoms with E-state index in [4.69, 9.17) is 5.41 Å². The first-order valence-corrected chi connectivity index (χ1v) is 15.2. The second-order valence-corrected chi connectivity index (χ2v) is 13.1. The largest absolute Gasteiger partial charge is 0.405 e. The van der Waals surface area contributed by atoms with E-state index in [2.05, 4.69) is 46.5 Å². The molecule has 7 atom stereocenters. The number of nitrogens with one attached hydrogen (secondary N) is 4. The highest BCUT2D eigenvalue weighted by Gasteiger charge is 2.50. The molecule has 0 aromatic rings. The van der Waals surface area contributed by atoms with Crippen LogP contribution in [0.5, 0.6) is 0 Å². The predicted octanol–water partition coefficient (Wildman–Crippen LogP) is 3.83. The van der Waals surface area contributed by atoms with Crippen molar-refractivity contribution in [2.45, 2.75) is 109 Å². The van der Waals surface area contributed by atoms with Crippen LogP contribution in [0, 0.1) is 35.0 Å². The standard InChI is InChI=1S/C28H50F3N7/c1-5-37-22-14-33-24(21-9-7-6-8-20(21)17(2)3)35-26(22)38(27(37)32)15-18-10-12-19(13-11-18)25-34-23(16-36(25)4)28(29,30)31/h17-26,32-35H,5-16H2,1-4H3. The Morgan fingerprint density at radius 1 is 0.974 bits per heavy atom. The summed E-state index contributed by atoms with van der Waals surface area (Å²) in [6.45, 7) is 9.50. The van der Waals surface area contributed by atoms with E-state index in [0.29, 0.717) is 23.7 Å². The van der Waals surface area contributed by atoms with Crippen LogP contribution in [0.15, 0.2) is 0 Å². The van der Waals surface area contributed by atoms with E-state index in [0.717, 1.165) is 51.2 Å². The fourth-order valence-electron chi connectivity index (χ4n) is 8.48. The van der Waals surface area contributed by atoms with Gasteiger partial charge in [0.05, 0.1) is 18.4 Å². The minimum absolute atomic E-state index is 0.0362. The lowest BCUT2D eigenvalue weighted by Gasteiger charge is -2.46. The number of hydrogen-bond acceptors (Lipinski definition) is 5. The Labute approximate surface area is 227 Å². The quantitative estimate of drug-likeness (QED) is 0.410. The molecule has 0 aromatic heterocycles. The molecule has 7 unspecified atom stereocenters. The van der Waals surface area contributed by atoms with E-state index < -0.39 is 12.2 Å². The summed E-state index contributed by atoms with van der Waals surface area (Å²) in [5.41, 5.74) is 0. The molecule has 3 saturated heterocycles. The number of fused-ring (bicyclic) bond motifs is 1. The zero-order valence-electron chi connectivity index (χ0n) is 23.7. The fraction of sp³-hybridized carbons (Fsp3) is 0.964. The number of hydrogen-bond donors (Lipinski definition) is 4. The van der Waals surface area contributed by atoms with Gasteiger partial charge in [-0.2, -0.15) is 13.2 Å². The zero-order valence-corrected chi connectivity index (χ0v) is 23.7. The lowest BCUT2D eigenvalue weighted by Crippen LogP contribution is -2.67. The Morgan fingerprint density at radius 2 is 1.68 bits per heavy atom. The molecule has 3 heterocycles. The normalized spacial score (nSPS) is 41.3. The molecule has 5 aliphatic rings. The van der Waals surface area contributed by atoms with E-state index in [9.17, 15) is 13.2 Å². The van der Waals surface area contributed by atoms with Crippen molar-refractivity contribution in [2.75, 3.05) is 33.2 Å². The van der Waals surface area contributed by atoms with Crippen molar-refractivity contribution >= 4 is 5.96 Å². The molecule has 3 aliphatic heterocycles. The van der Waals surface area contributed by atoms with Crippen molar-refractivity contribution in [1.82, 2.24) is 30.7 Å². The van der Waals surface area contributed by atoms with Gasteiger partial charge < -0.3 is 9.80 Å². The number of rotatable bonds is 6. The minimum atomic E-state index is -4.19. The maximum atomic E-state index is 13.3. The third-order valence-electron chi connectivity index (χ3n) is 10.5. The summed E-state index contributed by atoms with van der Waals surface area (Å²) in [5.74, 6) is 3.40. The van der Waals surface area contributed by atoms with Crippen LogP contribution >= 0.6 is 0 Å². The predicted molar refractivity (Wildman–Crippen MR) is 144 cm³/mol. The molecule has 38 heavy (non-hydrogen) atoms. The summed E-state index contributed by atoms with van der Waals surface area (Å²) in [4.78, 5) is 6.42. The van der Waals surface area contributed by atoms with E-state index in [1.807, 2.05) is 11.9 Å². The second-order valence-electron chi connectivity index (χ2n) is 13.1. The number of nitrogens with zero attached hydrogens (tertiary/aromatic N) is 3. The van der Waals surface area contributed by atoms with E-state index >= 15 is 0 Å². The summed E-state index contributed by atoms with van der Waals surface area (Å²) in [5, 5.41) is 19.7. The van der Waals surface area contributed by atoms with E-state index in [-0.39, 0.29) is 37.0 Å². The van der Waals surface area contributed by atoms with Gasteiger partial charge in [0.2, 0.25) is 0 Å². The smallest absolute Gasteiger partial charge is 0.336 e. The molecule has 0 bridgehead atoms. The Balaban J connectivity index is 1.21. The average molecular weight is 542 g/mol. The Bertz CT molecular complexity index is 815. The molecular formula is C28H50F3N7. The van der Waals surface area contributed by atoms with Crippen LogP contribution in [-0.4, -0.2) is 90.6 Å². The van der Waals surface area contributed by atoms with Crippen molar-refractivity contribution in [3.63, 3.8) is 0 Å². The van der Waals surface area contributed by atoms with Crippen LogP contribution in [0.2, 0.25) is 0 Å². The lowest BCUT2D eigenvalue weighted by molar-refractivity contribution is -0.150. The van der Waals surface area contributed by atoms with Crippen LogP contribution < -0.4 is 16.0 Å². The summed E-state index contributed by atoms with van der Waals surface area (Å²) in [6.07, 6.45) is 5.20. The molecule has 4 N–H and O–H groups in total. The van der Waals surface area contributed by atoms with Gasteiger partial charge in [-0.05, 0) is 82.1 Å². The molecule has 10 heteroatoms. The topological polar surface area (TPSA) is 69.7 Å². The monoisotopic (exact) mass is 541 g/mol. The third-order valence-corrected chi connectivity index (χ3v) is 10.5. The van der Waals surface area contributed by atoms with Crippen molar-refractivity contribution in [2.24, 2.45) is 29.6 Å². The minimum Gasteiger partial charge on any atom is -0.336 e. The number of alkyl halides is 3. The second kappa shape index (κ2) is 11.4. The first-order valence-electron chi connectivity index (χ1n) is 15.2. The zero-order chi connectivity index (χ0) is 27.2. The van der Waals surface area contributed by atoms with Gasteiger partial charge in [-0.1, -0.05) is 26.7 Å². The van der Waals surface area contributed by atoms with Gasteiger partial charge in [0.25, 0.3) is 0 Å². The lowest BCUT2D eigenvalue weighted by atomic mass is 9.71. The highest BCUT2D eigenvalue weighted by molar-refractivity contribution is 5.80. The van der Waals surface area contributed by atoms with Crippen LogP contribution in [0.3, 0.4) is 0 Å². The summed E-state index contributed by atoms with van der Waals surface area (Å²) >= 11 is 0. The highest BCUT2D eigenvalue weighted by atomic mass is 19.4. The summed E-state index contributed by atoms with van der Waals surface area (Å²) in [7, 11) is 1.82. The van der Waals surface area contributed by atoms with Crippen molar-refractivity contribution < 1.29 is 13.2 Å². The van der Waals surface area contributed by atoms with Gasteiger partial charge in [0, 0.05) is 26.2 Å². The molecule has 2 aliphatic carbocycles. The van der Waals surface area contributed by atoms with Gasteiger partial charge in [0.1, 0.15) is 12.2 Å². The third kappa shape index (κ3) is 5.56. The van der Waals surface area contributed by atoms with Gasteiger partial charge in [-0.3, -0.25) is 26.3 Å². The van der Waals surface area contributed by atoms with Crippen LogP contribution in [-0.2, 0) is 0 Å². The maximum absolute atomic E-state index is 13.3. The number of likely N-dealkylation sites (N-methyl/N-ethyl adjacent to an activating group) is 2. The Hall–Kier alpha value is -1.10. The molecule has 5 rings (SSSR count). The fourth-order valence-corrected chi connectivity index (χ4v) is 8.48. The first-order chi connectivity index (χ1) is 18.1. The summed E-state index contributed by atoms with van der Waals surface area (Å²) in [6, 6.07) is -1.16. The van der Waals surface area contributed by atoms with Crippen molar-refractivity contribution in [3.05, 3.63) is 0 Å². The molecule has 2 saturated carbocycles. The van der Waals surface area contributed by atoms with Crippen molar-refractivity contribution in [1.29, 1.82) is 5.41 Å². The van der Waals surface area contributed by atoms with E-state index in [1.54, 1.807) is 0 Å². The van der Waals surface area contributed by atoms with E-state index in [1.165, 1.54) is 25.7 Å². The molecule has 7 nitrogen and oxygen atoms in total. The van der Waals surface area contributed by atoms with Gasteiger partial charge in [0.15, 0.2) is 5.96 Å². The number of halogens is 3. The molecule has 0 aromatic carbocycles. The number of guanidine groups is 1. The van der Waals surface area contributed by atoms with Crippen LogP contribution in [0.1, 0.15) is 72.1 Å². The first kappa shape index (κ1) is 28.4. The highest BCUT2D eigenvalue weighted by Crippen LogP contribution is 2.39. The molecular weight excluding hydrogens is 491 g/mol. The molecule has 5 fully saturated rings. The Morgan fingerprint density at radius 3 is 2.32 bits per heavy atom. The molecule has 0 radical (unpaired) electrons. The average Bonchev–Trinajstić information content (AvgIpc) is 3.41. The molecule has 218 valence electrons. The van der Waals surface area contributed by atoms with Gasteiger partial charge in [-0.25, -0.2) is 0 Å². The van der Waals surface area contributed by atoms with Crippen LogP contribution in [0.4, 0.5) is 13.2 Å². The Kier molecular flexibility index (Phi) is 8.54. The maximum Gasteiger partial charge on any atom is 0.405 e. The van der Waals surface area contributed by atoms with Gasteiger partial charge in [-0.15, -0.1) is 0 Å². The van der Waals surface area contributed by atoms with Crippen LogP contribution in [0.25, 0.3) is 0 Å². The summed E-state index contributed by atoms with van der Waals surface area (Å²) < 4.78 is 39.8. The van der Waals surface area contributed by atoms with Gasteiger partial charge >= 0.3 is 6.18 Å². The SMILES string of the molecule is CCN1C(=N)N(CC2CCC(C3NC(C(F)(F)F)CN3C)CC2)C2NC(C3CCCCC3C(C)C)NCC21.